The highest BCUT2D eigenvalue weighted by Crippen LogP contribution is 2.41. The van der Waals surface area contributed by atoms with E-state index in [0.29, 0.717) is 56.2 Å². The van der Waals surface area contributed by atoms with Crippen molar-refractivity contribution in [1.82, 2.24) is 24.6 Å². The first-order valence-corrected chi connectivity index (χ1v) is 18.5. The summed E-state index contributed by atoms with van der Waals surface area (Å²) in [4.78, 5) is 25.7. The Balaban J connectivity index is 1.38. The van der Waals surface area contributed by atoms with Gasteiger partial charge in [-0.1, -0.05) is 6.07 Å². The van der Waals surface area contributed by atoms with Crippen molar-refractivity contribution in [3.63, 3.8) is 0 Å². The molecule has 0 unspecified atom stereocenters. The number of furan rings is 1. The van der Waals surface area contributed by atoms with Crippen LogP contribution < -0.4 is 9.62 Å². The van der Waals surface area contributed by atoms with Crippen molar-refractivity contribution in [2.24, 2.45) is 0 Å². The number of hydrogen-bond donors (Lipinski definition) is 1. The molecule has 1 aliphatic rings. The first-order valence-electron chi connectivity index (χ1n) is 16.6. The summed E-state index contributed by atoms with van der Waals surface area (Å²) in [5.41, 5.74) is 4.26. The average molecular weight is 725 g/mol. The summed E-state index contributed by atoms with van der Waals surface area (Å²) in [5.74, 6) is -0.363. The number of nitrogens with one attached hydrogen (secondary N) is 1. The van der Waals surface area contributed by atoms with Crippen LogP contribution in [0.25, 0.3) is 61.0 Å². The van der Waals surface area contributed by atoms with Gasteiger partial charge in [-0.15, -0.1) is 0 Å². The summed E-state index contributed by atoms with van der Waals surface area (Å²) in [6.07, 6.45) is 2.11. The molecule has 0 radical (unpaired) electrons. The molecule has 7 aromatic rings. The second-order valence-electron chi connectivity index (χ2n) is 13.0. The monoisotopic (exact) mass is 724 g/mol. The van der Waals surface area contributed by atoms with E-state index in [1.54, 1.807) is 37.4 Å². The lowest BCUT2D eigenvalue weighted by Crippen LogP contribution is -2.25. The summed E-state index contributed by atoms with van der Waals surface area (Å²) < 4.78 is 69.9. The number of benzene rings is 3. The SMILES string of the molecule is CNC(=O)c1c(-c2ccc(F)cc2)oc2cc(N(C)S(C)(=O)=O)c(-c3ccc4nc(CN5CC[C@H](OC)C5)n5c6cccc(F)c6cc5c4n3)cc12. The van der Waals surface area contributed by atoms with Gasteiger partial charge in [-0.3, -0.25) is 18.4 Å². The summed E-state index contributed by atoms with van der Waals surface area (Å²) >= 11 is 0. The van der Waals surface area contributed by atoms with E-state index in [1.807, 2.05) is 16.5 Å². The van der Waals surface area contributed by atoms with E-state index >= 15 is 4.39 Å². The van der Waals surface area contributed by atoms with Crippen molar-refractivity contribution >= 4 is 60.0 Å². The molecule has 1 amide bonds. The highest BCUT2D eigenvalue weighted by molar-refractivity contribution is 7.92. The summed E-state index contributed by atoms with van der Waals surface area (Å²) in [6.45, 7) is 2.09. The molecule has 266 valence electrons. The maximum atomic E-state index is 15.3. The number of fused-ring (bicyclic) bond motifs is 6. The van der Waals surface area contributed by atoms with Crippen LogP contribution in [0.1, 0.15) is 22.6 Å². The molecule has 0 bridgehead atoms. The second kappa shape index (κ2) is 12.7. The number of halogens is 2. The fraction of sp³-hybridized carbons (Fsp3) is 0.237. The van der Waals surface area contributed by atoms with E-state index in [2.05, 4.69) is 10.2 Å². The van der Waals surface area contributed by atoms with E-state index in [0.717, 1.165) is 35.9 Å². The smallest absolute Gasteiger partial charge is 0.255 e. The number of anilines is 1. The minimum absolute atomic E-state index is 0.126. The van der Waals surface area contributed by atoms with E-state index in [4.69, 9.17) is 19.1 Å². The molecule has 5 heterocycles. The number of rotatable bonds is 8. The number of likely N-dealkylation sites (tertiary alicyclic amines) is 1. The topological polar surface area (TPSA) is 122 Å². The summed E-state index contributed by atoms with van der Waals surface area (Å²) in [6, 6.07) is 19.0. The minimum atomic E-state index is -3.79. The molecule has 1 N–H and O–H groups in total. The normalized spacial score (nSPS) is 15.4. The molecule has 0 spiro atoms. The zero-order valence-electron chi connectivity index (χ0n) is 28.8. The number of ether oxygens (including phenoxy) is 1. The third-order valence-electron chi connectivity index (χ3n) is 9.82. The maximum Gasteiger partial charge on any atom is 0.255 e. The Morgan fingerprint density at radius 2 is 1.83 bits per heavy atom. The van der Waals surface area contributed by atoms with Crippen LogP contribution in [-0.2, 0) is 21.3 Å². The highest BCUT2D eigenvalue weighted by atomic mass is 32.2. The zero-order valence-corrected chi connectivity index (χ0v) is 29.6. The lowest BCUT2D eigenvalue weighted by atomic mass is 10.0. The number of nitrogens with zero attached hydrogens (tertiary/aromatic N) is 5. The van der Waals surface area contributed by atoms with Crippen LogP contribution >= 0.6 is 0 Å². The van der Waals surface area contributed by atoms with E-state index < -0.39 is 21.7 Å². The standard InChI is InChI=1S/C38H34F2N6O5S/c1-41-38(47)35-26-16-25(31(44(2)52(4,48)49)18-33(26)51-37(35)21-8-10-22(39)11-9-21)28-12-13-29-36(43-28)32-17-24-27(40)6-5-7-30(24)46(32)34(42-29)20-45-15-14-23(19-45)50-3/h5-13,16-18,23H,14-15,19-20H2,1-4H3,(H,41,47)/t23-/m0/s1. The Labute approximate surface area is 297 Å². The van der Waals surface area contributed by atoms with Crippen LogP contribution in [0.15, 0.2) is 77.2 Å². The third kappa shape index (κ3) is 5.63. The first-order chi connectivity index (χ1) is 24.9. The fourth-order valence-electron chi connectivity index (χ4n) is 7.09. The Hall–Kier alpha value is -5.44. The summed E-state index contributed by atoms with van der Waals surface area (Å²) in [7, 11) is 0.832. The maximum absolute atomic E-state index is 15.3. The second-order valence-corrected chi connectivity index (χ2v) is 15.0. The van der Waals surface area contributed by atoms with Crippen molar-refractivity contribution in [1.29, 1.82) is 0 Å². The molecular weight excluding hydrogens is 691 g/mol. The molecule has 3 aromatic carbocycles. The zero-order chi connectivity index (χ0) is 36.5. The Morgan fingerprint density at radius 3 is 2.54 bits per heavy atom. The van der Waals surface area contributed by atoms with Gasteiger partial charge < -0.3 is 14.5 Å². The highest BCUT2D eigenvalue weighted by Gasteiger charge is 2.28. The van der Waals surface area contributed by atoms with Gasteiger partial charge in [0.05, 0.1) is 52.4 Å². The van der Waals surface area contributed by atoms with E-state index in [9.17, 15) is 17.6 Å². The van der Waals surface area contributed by atoms with Gasteiger partial charge in [-0.2, -0.15) is 0 Å². The molecule has 4 aromatic heterocycles. The fourth-order valence-corrected chi connectivity index (χ4v) is 7.60. The van der Waals surface area contributed by atoms with Gasteiger partial charge in [-0.05, 0) is 67.1 Å². The summed E-state index contributed by atoms with van der Waals surface area (Å²) in [5, 5.41) is 3.47. The van der Waals surface area contributed by atoms with Crippen molar-refractivity contribution < 1.29 is 31.1 Å². The van der Waals surface area contributed by atoms with Gasteiger partial charge in [0.2, 0.25) is 10.0 Å². The third-order valence-corrected chi connectivity index (χ3v) is 11.0. The lowest BCUT2D eigenvalue weighted by Gasteiger charge is -2.21. The van der Waals surface area contributed by atoms with Crippen LogP contribution in [0.2, 0.25) is 0 Å². The molecule has 0 saturated carbocycles. The Morgan fingerprint density at radius 1 is 1.04 bits per heavy atom. The first kappa shape index (κ1) is 33.7. The number of carbonyl (C=O) groups is 1. The molecule has 11 nitrogen and oxygen atoms in total. The molecular formula is C38H34F2N6O5S. The predicted molar refractivity (Wildman–Crippen MR) is 196 cm³/mol. The van der Waals surface area contributed by atoms with Crippen LogP contribution in [0.4, 0.5) is 14.5 Å². The van der Waals surface area contributed by atoms with E-state index in [1.165, 1.54) is 44.4 Å². The Bertz CT molecular complexity index is 2680. The largest absolute Gasteiger partial charge is 0.455 e. The molecule has 52 heavy (non-hydrogen) atoms. The van der Waals surface area contributed by atoms with Gasteiger partial charge in [0.25, 0.3) is 5.91 Å². The van der Waals surface area contributed by atoms with Gasteiger partial charge in [-0.25, -0.2) is 27.2 Å². The molecule has 14 heteroatoms. The number of sulfonamides is 1. The van der Waals surface area contributed by atoms with Crippen LogP contribution in [0, 0.1) is 11.6 Å². The lowest BCUT2D eigenvalue weighted by molar-refractivity contribution is 0.0964. The van der Waals surface area contributed by atoms with Crippen LogP contribution in [0.5, 0.6) is 0 Å². The number of hydrogen-bond acceptors (Lipinski definition) is 8. The number of methoxy groups -OCH3 is 1. The van der Waals surface area contributed by atoms with Gasteiger partial charge in [0.15, 0.2) is 0 Å². The van der Waals surface area contributed by atoms with Crippen molar-refractivity contribution in [3.05, 3.63) is 95.8 Å². The Kier molecular flexibility index (Phi) is 8.20. The van der Waals surface area contributed by atoms with Gasteiger partial charge in [0, 0.05) is 62.3 Å². The quantitative estimate of drug-likeness (QED) is 0.192. The molecule has 8 rings (SSSR count). The van der Waals surface area contributed by atoms with E-state index in [-0.39, 0.29) is 34.5 Å². The molecule has 1 saturated heterocycles. The van der Waals surface area contributed by atoms with Crippen LogP contribution in [0.3, 0.4) is 0 Å². The number of amides is 1. The molecule has 1 fully saturated rings. The van der Waals surface area contributed by atoms with Crippen molar-refractivity contribution in [2.75, 3.05) is 44.9 Å². The van der Waals surface area contributed by atoms with Gasteiger partial charge in [0.1, 0.15) is 34.3 Å². The van der Waals surface area contributed by atoms with Crippen molar-refractivity contribution in [3.8, 4) is 22.6 Å². The number of pyridine rings is 1. The van der Waals surface area contributed by atoms with Crippen molar-refractivity contribution in [2.45, 2.75) is 19.1 Å². The number of aromatic nitrogens is 3. The number of carbonyl (C=O) groups excluding carboxylic acids is 1. The predicted octanol–water partition coefficient (Wildman–Crippen LogP) is 6.37. The van der Waals surface area contributed by atoms with Gasteiger partial charge >= 0.3 is 0 Å². The minimum Gasteiger partial charge on any atom is -0.455 e. The average Bonchev–Trinajstić information content (AvgIpc) is 3.86. The molecule has 1 aliphatic heterocycles. The molecule has 1 atom stereocenters. The molecule has 0 aliphatic carbocycles. The van der Waals surface area contributed by atoms with Crippen LogP contribution in [-0.4, -0.2) is 80.2 Å².